The monoisotopic (exact) mass is 663 g/mol. The lowest BCUT2D eigenvalue weighted by atomic mass is 9.83. The van der Waals surface area contributed by atoms with Crippen LogP contribution in [-0.2, 0) is 12.8 Å². The first-order chi connectivity index (χ1) is 25.7. The maximum absolute atomic E-state index is 2.53. The highest BCUT2D eigenvalue weighted by Gasteiger charge is 2.25. The molecule has 9 aromatic carbocycles. The Morgan fingerprint density at radius 2 is 0.769 bits per heavy atom. The maximum Gasteiger partial charge on any atom is 0.0546 e. The SMILES string of the molecule is Cc1ccc(N(c2cccc3c2-c2ccccc2Cc2ccccc2-c2ccccc2C3)c2cccc3c4ccccc4c4ccccc4c23)cc1. The average molecular weight is 664 g/mol. The standard InChI is InChI=1S/C51H37N/c1-34-28-30-39(31-29-34)52(49-27-13-25-47-45-22-9-8-21-43(45)44-23-10-11-24-46(44)51(47)49)48-26-12-17-38-33-36-15-3-6-19-41(36)40-18-5-2-14-35(40)32-37-16-4-7-20-42(37)50(38)48/h2-31H,32-33H2,1H3. The first-order valence-corrected chi connectivity index (χ1v) is 18.3. The summed E-state index contributed by atoms with van der Waals surface area (Å²) in [6.45, 7) is 2.17. The van der Waals surface area contributed by atoms with Gasteiger partial charge in [-0.2, -0.15) is 0 Å². The molecule has 246 valence electrons. The summed E-state index contributed by atoms with van der Waals surface area (Å²) in [7, 11) is 0. The fourth-order valence-electron chi connectivity index (χ4n) is 8.66. The van der Waals surface area contributed by atoms with Crippen LogP contribution < -0.4 is 4.90 Å². The average Bonchev–Trinajstić information content (AvgIpc) is 3.20. The van der Waals surface area contributed by atoms with Gasteiger partial charge in [-0.05, 0) is 110 Å². The highest BCUT2D eigenvalue weighted by atomic mass is 15.1. The molecule has 1 heteroatoms. The second-order valence-corrected chi connectivity index (χ2v) is 14.1. The van der Waals surface area contributed by atoms with Crippen LogP contribution in [0.4, 0.5) is 17.1 Å². The molecule has 0 aromatic heterocycles. The van der Waals surface area contributed by atoms with Crippen molar-refractivity contribution in [2.24, 2.45) is 0 Å². The topological polar surface area (TPSA) is 3.24 Å². The van der Waals surface area contributed by atoms with Crippen molar-refractivity contribution in [3.8, 4) is 22.3 Å². The van der Waals surface area contributed by atoms with Gasteiger partial charge in [0.2, 0.25) is 0 Å². The van der Waals surface area contributed by atoms with Gasteiger partial charge >= 0.3 is 0 Å². The van der Waals surface area contributed by atoms with Gasteiger partial charge in [0.1, 0.15) is 0 Å². The quantitative estimate of drug-likeness (QED) is 0.170. The number of nitrogens with zero attached hydrogens (tertiary/aromatic N) is 1. The zero-order chi connectivity index (χ0) is 34.6. The fraction of sp³-hybridized carbons (Fsp3) is 0.0588. The van der Waals surface area contributed by atoms with E-state index in [2.05, 4.69) is 194 Å². The predicted octanol–water partition coefficient (Wildman–Crippen LogP) is 13.8. The van der Waals surface area contributed by atoms with Crippen molar-refractivity contribution in [2.45, 2.75) is 19.8 Å². The summed E-state index contributed by atoms with van der Waals surface area (Å²) in [5, 5.41) is 7.64. The van der Waals surface area contributed by atoms with Gasteiger partial charge in [-0.25, -0.2) is 0 Å². The van der Waals surface area contributed by atoms with Crippen LogP contribution in [0.2, 0.25) is 0 Å². The molecule has 1 aliphatic rings. The molecule has 0 atom stereocenters. The molecular weight excluding hydrogens is 627 g/mol. The molecule has 0 aliphatic heterocycles. The van der Waals surface area contributed by atoms with Crippen LogP contribution in [0, 0.1) is 6.92 Å². The van der Waals surface area contributed by atoms with Crippen molar-refractivity contribution in [1.29, 1.82) is 0 Å². The van der Waals surface area contributed by atoms with Crippen molar-refractivity contribution in [3.63, 3.8) is 0 Å². The summed E-state index contributed by atoms with van der Waals surface area (Å²) in [5.74, 6) is 0. The summed E-state index contributed by atoms with van der Waals surface area (Å²) in [5.41, 5.74) is 15.3. The van der Waals surface area contributed by atoms with Crippen LogP contribution in [0.25, 0.3) is 54.6 Å². The van der Waals surface area contributed by atoms with Crippen LogP contribution >= 0.6 is 0 Å². The van der Waals surface area contributed by atoms with E-state index in [0.717, 1.165) is 18.5 Å². The van der Waals surface area contributed by atoms with Crippen molar-refractivity contribution >= 4 is 49.4 Å². The number of rotatable bonds is 3. The Bertz CT molecular complexity index is 2760. The normalized spacial score (nSPS) is 12.2. The lowest BCUT2D eigenvalue weighted by molar-refractivity contribution is 1.14. The second-order valence-electron chi connectivity index (χ2n) is 14.1. The number of aryl methyl sites for hydroxylation is 1. The lowest BCUT2D eigenvalue weighted by Crippen LogP contribution is -2.14. The minimum absolute atomic E-state index is 0.826. The number of hydrogen-bond donors (Lipinski definition) is 0. The first kappa shape index (κ1) is 30.4. The molecule has 0 radical (unpaired) electrons. The molecule has 0 spiro atoms. The Kier molecular flexibility index (Phi) is 7.25. The molecule has 0 amide bonds. The van der Waals surface area contributed by atoms with E-state index in [1.807, 2.05) is 0 Å². The van der Waals surface area contributed by atoms with Crippen LogP contribution in [0.15, 0.2) is 182 Å². The number of benzene rings is 9. The second kappa shape index (κ2) is 12.4. The number of hydrogen-bond acceptors (Lipinski definition) is 1. The van der Waals surface area contributed by atoms with Gasteiger partial charge in [-0.3, -0.25) is 0 Å². The summed E-state index contributed by atoms with van der Waals surface area (Å²) in [4.78, 5) is 2.53. The zero-order valence-corrected chi connectivity index (χ0v) is 29.2. The Labute approximate surface area is 305 Å². The van der Waals surface area contributed by atoms with Gasteiger partial charge in [0.25, 0.3) is 0 Å². The van der Waals surface area contributed by atoms with E-state index in [-0.39, 0.29) is 0 Å². The Morgan fingerprint density at radius 3 is 1.40 bits per heavy atom. The molecule has 10 rings (SSSR count). The molecule has 0 unspecified atom stereocenters. The number of fused-ring (bicyclic) bond motifs is 12. The lowest BCUT2D eigenvalue weighted by Gasteiger charge is -2.32. The fourth-order valence-corrected chi connectivity index (χ4v) is 8.66. The van der Waals surface area contributed by atoms with E-state index in [1.54, 1.807) is 0 Å². The molecule has 52 heavy (non-hydrogen) atoms. The van der Waals surface area contributed by atoms with Crippen molar-refractivity contribution in [1.82, 2.24) is 0 Å². The van der Waals surface area contributed by atoms with Gasteiger partial charge in [0, 0.05) is 16.6 Å². The molecule has 9 aromatic rings. The summed E-state index contributed by atoms with van der Waals surface area (Å²) in [6.07, 6.45) is 1.68. The predicted molar refractivity (Wildman–Crippen MR) is 221 cm³/mol. The van der Waals surface area contributed by atoms with E-state index in [0.29, 0.717) is 0 Å². The van der Waals surface area contributed by atoms with Gasteiger partial charge in [0.15, 0.2) is 0 Å². The Hall–Kier alpha value is -6.44. The largest absolute Gasteiger partial charge is 0.309 e. The molecule has 0 saturated heterocycles. The molecule has 0 saturated carbocycles. The summed E-state index contributed by atoms with van der Waals surface area (Å²) >= 11 is 0. The van der Waals surface area contributed by atoms with E-state index < -0.39 is 0 Å². The van der Waals surface area contributed by atoms with Gasteiger partial charge in [-0.15, -0.1) is 0 Å². The minimum atomic E-state index is 0.826. The molecule has 0 heterocycles. The van der Waals surface area contributed by atoms with Gasteiger partial charge in [-0.1, -0.05) is 163 Å². The third-order valence-electron chi connectivity index (χ3n) is 11.0. The third kappa shape index (κ3) is 4.93. The highest BCUT2D eigenvalue weighted by molar-refractivity contribution is 6.28. The van der Waals surface area contributed by atoms with Crippen LogP contribution in [0.3, 0.4) is 0 Å². The Balaban J connectivity index is 1.32. The van der Waals surface area contributed by atoms with Crippen LogP contribution in [0.1, 0.15) is 27.8 Å². The van der Waals surface area contributed by atoms with E-state index in [1.165, 1.54) is 93.8 Å². The molecule has 1 nitrogen and oxygen atoms in total. The smallest absolute Gasteiger partial charge is 0.0546 e. The zero-order valence-electron chi connectivity index (χ0n) is 29.2. The van der Waals surface area contributed by atoms with Crippen molar-refractivity contribution in [3.05, 3.63) is 210 Å². The van der Waals surface area contributed by atoms with Crippen LogP contribution in [0.5, 0.6) is 0 Å². The van der Waals surface area contributed by atoms with E-state index >= 15 is 0 Å². The molecule has 0 N–H and O–H groups in total. The van der Waals surface area contributed by atoms with Crippen LogP contribution in [-0.4, -0.2) is 0 Å². The molecule has 0 bridgehead atoms. The first-order valence-electron chi connectivity index (χ1n) is 18.3. The molecule has 1 aliphatic carbocycles. The third-order valence-corrected chi connectivity index (χ3v) is 11.0. The van der Waals surface area contributed by atoms with E-state index in [4.69, 9.17) is 0 Å². The Morgan fingerprint density at radius 1 is 0.346 bits per heavy atom. The number of anilines is 3. The minimum Gasteiger partial charge on any atom is -0.309 e. The van der Waals surface area contributed by atoms with Crippen molar-refractivity contribution < 1.29 is 0 Å². The van der Waals surface area contributed by atoms with Gasteiger partial charge in [0.05, 0.1) is 11.4 Å². The maximum atomic E-state index is 2.53. The molecule has 0 fully saturated rings. The molecular formula is C51H37N. The summed E-state index contributed by atoms with van der Waals surface area (Å²) in [6, 6.07) is 67.7. The summed E-state index contributed by atoms with van der Waals surface area (Å²) < 4.78 is 0. The van der Waals surface area contributed by atoms with E-state index in [9.17, 15) is 0 Å². The van der Waals surface area contributed by atoms with Crippen molar-refractivity contribution in [2.75, 3.05) is 4.90 Å². The van der Waals surface area contributed by atoms with Gasteiger partial charge < -0.3 is 4.90 Å². The highest BCUT2D eigenvalue weighted by Crippen LogP contribution is 2.49.